The van der Waals surface area contributed by atoms with E-state index in [1.165, 1.54) is 18.7 Å². The second-order valence-electron chi connectivity index (χ2n) is 4.53. The summed E-state index contributed by atoms with van der Waals surface area (Å²) < 4.78 is 0. The van der Waals surface area contributed by atoms with Crippen LogP contribution < -0.4 is 10.6 Å². The highest BCUT2D eigenvalue weighted by atomic mass is 35.5. The van der Waals surface area contributed by atoms with Crippen LogP contribution in [0.3, 0.4) is 0 Å². The number of hydrogen-bond donors (Lipinski definition) is 2. The van der Waals surface area contributed by atoms with Crippen molar-refractivity contribution < 1.29 is 9.59 Å². The predicted octanol–water partition coefficient (Wildman–Crippen LogP) is 4.03. The number of nitrogens with one attached hydrogen (secondary N) is 2. The van der Waals surface area contributed by atoms with E-state index in [4.69, 9.17) is 11.6 Å². The first-order valence-electron chi connectivity index (χ1n) is 6.59. The third kappa shape index (κ3) is 5.09. The van der Waals surface area contributed by atoms with Crippen LogP contribution in [0.1, 0.15) is 6.92 Å². The van der Waals surface area contributed by atoms with Crippen molar-refractivity contribution in [2.45, 2.75) is 11.8 Å². The minimum atomic E-state index is -0.132. The zero-order chi connectivity index (χ0) is 15.9. The fourth-order valence-corrected chi connectivity index (χ4v) is 2.78. The summed E-state index contributed by atoms with van der Waals surface area (Å²) in [6.45, 7) is 1.45. The van der Waals surface area contributed by atoms with E-state index in [2.05, 4.69) is 10.6 Å². The normalized spacial score (nSPS) is 10.1. The van der Waals surface area contributed by atoms with Crippen LogP contribution in [-0.4, -0.2) is 17.6 Å². The van der Waals surface area contributed by atoms with Gasteiger partial charge < -0.3 is 10.6 Å². The van der Waals surface area contributed by atoms with Gasteiger partial charge >= 0.3 is 0 Å². The monoisotopic (exact) mass is 334 g/mol. The van der Waals surface area contributed by atoms with Crippen LogP contribution in [0.2, 0.25) is 5.02 Å². The topological polar surface area (TPSA) is 58.2 Å². The Morgan fingerprint density at radius 2 is 1.59 bits per heavy atom. The summed E-state index contributed by atoms with van der Waals surface area (Å²) >= 11 is 7.42. The van der Waals surface area contributed by atoms with Crippen LogP contribution in [-0.2, 0) is 9.59 Å². The number of benzene rings is 2. The lowest BCUT2D eigenvalue weighted by molar-refractivity contribution is -0.114. The smallest absolute Gasteiger partial charge is 0.234 e. The highest BCUT2D eigenvalue weighted by molar-refractivity contribution is 8.00. The first-order chi connectivity index (χ1) is 10.5. The van der Waals surface area contributed by atoms with E-state index in [9.17, 15) is 9.59 Å². The van der Waals surface area contributed by atoms with Gasteiger partial charge in [0.1, 0.15) is 0 Å². The third-order valence-corrected chi connectivity index (χ3v) is 4.20. The van der Waals surface area contributed by atoms with Crippen molar-refractivity contribution in [2.24, 2.45) is 0 Å². The Morgan fingerprint density at radius 1 is 1.00 bits per heavy atom. The minimum Gasteiger partial charge on any atom is -0.326 e. The molecule has 22 heavy (non-hydrogen) atoms. The van der Waals surface area contributed by atoms with Crippen LogP contribution >= 0.6 is 23.4 Å². The predicted molar refractivity (Wildman–Crippen MR) is 91.6 cm³/mol. The number of thioether (sulfide) groups is 1. The molecule has 2 rings (SSSR count). The summed E-state index contributed by atoms with van der Waals surface area (Å²) in [6, 6.07) is 14.4. The Hall–Kier alpha value is -1.98. The molecule has 0 saturated carbocycles. The summed E-state index contributed by atoms with van der Waals surface area (Å²) in [6.07, 6.45) is 0. The van der Waals surface area contributed by atoms with Crippen molar-refractivity contribution in [3.05, 3.63) is 53.6 Å². The number of amides is 2. The molecule has 0 bridgehead atoms. The highest BCUT2D eigenvalue weighted by Gasteiger charge is 2.06. The molecule has 0 saturated heterocycles. The molecule has 0 fully saturated rings. The number of hydrogen-bond acceptors (Lipinski definition) is 3. The van der Waals surface area contributed by atoms with E-state index in [0.717, 1.165) is 4.90 Å². The van der Waals surface area contributed by atoms with Gasteiger partial charge in [-0.05, 0) is 36.4 Å². The molecule has 6 heteroatoms. The first-order valence-corrected chi connectivity index (χ1v) is 7.96. The number of halogens is 1. The van der Waals surface area contributed by atoms with Crippen LogP contribution in [0.4, 0.5) is 11.4 Å². The lowest BCUT2D eigenvalue weighted by Gasteiger charge is -2.07. The Bertz CT molecular complexity index is 674. The fourth-order valence-electron chi connectivity index (χ4n) is 1.74. The quantitative estimate of drug-likeness (QED) is 0.812. The zero-order valence-electron chi connectivity index (χ0n) is 11.9. The highest BCUT2D eigenvalue weighted by Crippen LogP contribution is 2.26. The van der Waals surface area contributed by atoms with Crippen LogP contribution in [0.15, 0.2) is 53.4 Å². The lowest BCUT2D eigenvalue weighted by atomic mass is 10.3. The Labute approximate surface area is 138 Å². The second kappa shape index (κ2) is 7.87. The Balaban J connectivity index is 1.87. The summed E-state index contributed by atoms with van der Waals surface area (Å²) in [4.78, 5) is 23.7. The van der Waals surface area contributed by atoms with Gasteiger partial charge in [0.25, 0.3) is 0 Å². The molecule has 0 spiro atoms. The molecule has 2 aromatic rings. The summed E-state index contributed by atoms with van der Waals surface area (Å²) in [5, 5.41) is 6.10. The molecular weight excluding hydrogens is 320 g/mol. The molecule has 114 valence electrons. The first kappa shape index (κ1) is 16.4. The molecule has 0 aliphatic rings. The van der Waals surface area contributed by atoms with Crippen LogP contribution in [0.25, 0.3) is 0 Å². The van der Waals surface area contributed by atoms with Gasteiger partial charge in [-0.25, -0.2) is 0 Å². The maximum Gasteiger partial charge on any atom is 0.234 e. The van der Waals surface area contributed by atoms with Crippen molar-refractivity contribution in [1.82, 2.24) is 0 Å². The van der Waals surface area contributed by atoms with Gasteiger partial charge in [0.15, 0.2) is 0 Å². The second-order valence-corrected chi connectivity index (χ2v) is 5.95. The number of anilines is 2. The molecule has 2 amide bonds. The minimum absolute atomic E-state index is 0.114. The van der Waals surface area contributed by atoms with Gasteiger partial charge in [0, 0.05) is 23.2 Å². The van der Waals surface area contributed by atoms with Gasteiger partial charge in [-0.1, -0.05) is 23.7 Å². The average Bonchev–Trinajstić information content (AvgIpc) is 2.48. The zero-order valence-corrected chi connectivity index (χ0v) is 13.5. The van der Waals surface area contributed by atoms with Gasteiger partial charge in [-0.15, -0.1) is 11.8 Å². The van der Waals surface area contributed by atoms with E-state index >= 15 is 0 Å². The van der Waals surface area contributed by atoms with Gasteiger partial charge in [-0.2, -0.15) is 0 Å². The third-order valence-electron chi connectivity index (χ3n) is 2.68. The molecule has 2 aromatic carbocycles. The Morgan fingerprint density at radius 3 is 2.18 bits per heavy atom. The van der Waals surface area contributed by atoms with Crippen molar-refractivity contribution in [2.75, 3.05) is 16.4 Å². The van der Waals surface area contributed by atoms with Crippen molar-refractivity contribution >= 4 is 46.6 Å². The number of carbonyl (C=O) groups excluding carboxylic acids is 2. The fraction of sp³-hybridized carbons (Fsp3) is 0.125. The van der Waals surface area contributed by atoms with Crippen molar-refractivity contribution in [1.29, 1.82) is 0 Å². The SMILES string of the molecule is CC(=O)Nc1ccc(NC(=O)CSc2ccccc2Cl)cc1. The maximum absolute atomic E-state index is 11.9. The van der Waals surface area contributed by atoms with Crippen LogP contribution in [0, 0.1) is 0 Å². The molecule has 0 unspecified atom stereocenters. The molecule has 2 N–H and O–H groups in total. The number of carbonyl (C=O) groups is 2. The van der Waals surface area contributed by atoms with E-state index in [-0.39, 0.29) is 17.6 Å². The van der Waals surface area contributed by atoms with Crippen LogP contribution in [0.5, 0.6) is 0 Å². The standard InChI is InChI=1S/C16H15ClN2O2S/c1-11(20)18-12-6-8-13(9-7-12)19-16(21)10-22-15-5-3-2-4-14(15)17/h2-9H,10H2,1H3,(H,18,20)(H,19,21). The van der Waals surface area contributed by atoms with E-state index in [1.807, 2.05) is 18.2 Å². The van der Waals surface area contributed by atoms with Crippen molar-refractivity contribution in [3.63, 3.8) is 0 Å². The molecular formula is C16H15ClN2O2S. The van der Waals surface area contributed by atoms with E-state index in [0.29, 0.717) is 16.4 Å². The molecule has 0 aromatic heterocycles. The largest absolute Gasteiger partial charge is 0.326 e. The van der Waals surface area contributed by atoms with Gasteiger partial charge in [0.2, 0.25) is 11.8 Å². The summed E-state index contributed by atoms with van der Waals surface area (Å²) in [5.41, 5.74) is 1.37. The van der Waals surface area contributed by atoms with E-state index < -0.39 is 0 Å². The summed E-state index contributed by atoms with van der Waals surface area (Å²) in [5.74, 6) is 0.0297. The van der Waals surface area contributed by atoms with E-state index in [1.54, 1.807) is 30.3 Å². The molecule has 0 heterocycles. The van der Waals surface area contributed by atoms with Gasteiger partial charge in [0.05, 0.1) is 10.8 Å². The molecule has 0 aliphatic carbocycles. The van der Waals surface area contributed by atoms with Crippen molar-refractivity contribution in [3.8, 4) is 0 Å². The molecule has 0 atom stereocenters. The average molecular weight is 335 g/mol. The molecule has 4 nitrogen and oxygen atoms in total. The maximum atomic E-state index is 11.9. The Kier molecular flexibility index (Phi) is 5.86. The van der Waals surface area contributed by atoms with Gasteiger partial charge in [-0.3, -0.25) is 9.59 Å². The summed E-state index contributed by atoms with van der Waals surface area (Å²) in [7, 11) is 0. The molecule has 0 radical (unpaired) electrons. The lowest BCUT2D eigenvalue weighted by Crippen LogP contribution is -2.14. The molecule has 0 aliphatic heterocycles. The number of rotatable bonds is 5.